The van der Waals surface area contributed by atoms with Crippen molar-refractivity contribution in [3.8, 4) is 5.75 Å². The molecule has 4 saturated carbocycles. The fourth-order valence-electron chi connectivity index (χ4n) is 8.49. The van der Waals surface area contributed by atoms with Gasteiger partial charge in [-0.15, -0.1) is 0 Å². The first-order valence-corrected chi connectivity index (χ1v) is 11.2. The fraction of sp³-hybridized carbons (Fsp3) is 0.720. The third kappa shape index (κ3) is 2.16. The summed E-state index contributed by atoms with van der Waals surface area (Å²) in [4.78, 5) is 12.8. The Labute approximate surface area is 163 Å². The number of benzene rings is 1. The molecule has 0 aromatic heterocycles. The van der Waals surface area contributed by atoms with Crippen molar-refractivity contribution in [1.82, 2.24) is 0 Å². The quantitative estimate of drug-likeness (QED) is 0.660. The molecule has 146 valence electrons. The molecule has 0 bridgehead atoms. The average molecular weight is 367 g/mol. The van der Waals surface area contributed by atoms with E-state index in [-0.39, 0.29) is 10.8 Å². The summed E-state index contributed by atoms with van der Waals surface area (Å²) in [7, 11) is 0. The van der Waals surface area contributed by atoms with E-state index in [2.05, 4.69) is 26.0 Å². The minimum atomic E-state index is -0.0804. The van der Waals surface area contributed by atoms with Gasteiger partial charge in [0.2, 0.25) is 0 Å². The Hall–Kier alpha value is -1.31. The van der Waals surface area contributed by atoms with Crippen LogP contribution in [0.15, 0.2) is 24.3 Å². The molecule has 4 fully saturated rings. The summed E-state index contributed by atoms with van der Waals surface area (Å²) in [6.07, 6.45) is 12.2. The molecule has 5 rings (SSSR count). The molecule has 0 heterocycles. The molecule has 1 N–H and O–H groups in total. The summed E-state index contributed by atoms with van der Waals surface area (Å²) >= 11 is 0. The van der Waals surface area contributed by atoms with E-state index < -0.39 is 0 Å². The van der Waals surface area contributed by atoms with Gasteiger partial charge in [-0.3, -0.25) is 4.79 Å². The lowest BCUT2D eigenvalue weighted by molar-refractivity contribution is -0.147. The van der Waals surface area contributed by atoms with Gasteiger partial charge in [-0.1, -0.05) is 38.8 Å². The lowest BCUT2D eigenvalue weighted by atomic mass is 9.37. The number of ketones is 1. The first-order chi connectivity index (χ1) is 12.9. The minimum Gasteiger partial charge on any atom is -0.508 e. The first kappa shape index (κ1) is 17.8. The number of hydrogen-bond acceptors (Lipinski definition) is 2. The van der Waals surface area contributed by atoms with E-state index >= 15 is 0 Å². The van der Waals surface area contributed by atoms with Crippen molar-refractivity contribution >= 4 is 5.78 Å². The van der Waals surface area contributed by atoms with E-state index in [1.807, 2.05) is 12.1 Å². The summed E-state index contributed by atoms with van der Waals surface area (Å²) in [5.41, 5.74) is 1.88. The molecule has 1 aromatic carbocycles. The highest BCUT2D eigenvalue weighted by Gasteiger charge is 2.67. The molecular formula is C25H34O2. The van der Waals surface area contributed by atoms with Crippen molar-refractivity contribution in [2.45, 2.75) is 83.5 Å². The maximum atomic E-state index is 12.8. The molecule has 4 aliphatic rings. The summed E-state index contributed by atoms with van der Waals surface area (Å²) in [6.45, 7) is 4.87. The van der Waals surface area contributed by atoms with Crippen LogP contribution in [0, 0.1) is 28.6 Å². The molecule has 0 spiro atoms. The topological polar surface area (TPSA) is 37.3 Å². The van der Waals surface area contributed by atoms with Crippen molar-refractivity contribution < 1.29 is 9.90 Å². The Morgan fingerprint density at radius 3 is 2.44 bits per heavy atom. The second kappa shape index (κ2) is 5.84. The lowest BCUT2D eigenvalue weighted by Crippen LogP contribution is -2.62. The molecule has 2 heteroatoms. The van der Waals surface area contributed by atoms with Crippen molar-refractivity contribution in [3.05, 3.63) is 29.8 Å². The summed E-state index contributed by atoms with van der Waals surface area (Å²) < 4.78 is 0. The van der Waals surface area contributed by atoms with Gasteiger partial charge in [-0.05, 0) is 85.8 Å². The lowest BCUT2D eigenvalue weighted by Gasteiger charge is -2.67. The Morgan fingerprint density at radius 2 is 1.67 bits per heavy atom. The van der Waals surface area contributed by atoms with Gasteiger partial charge in [-0.25, -0.2) is 0 Å². The van der Waals surface area contributed by atoms with E-state index in [1.165, 1.54) is 44.1 Å². The number of phenolic OH excluding ortho intramolecular Hbond substituents is 1. The normalized spacial score (nSPS) is 46.4. The number of aromatic hydroxyl groups is 1. The summed E-state index contributed by atoms with van der Waals surface area (Å²) in [5.74, 6) is 2.88. The maximum Gasteiger partial charge on any atom is 0.139 e. The standard InChI is InChI=1S/C25H34O2/c1-23-15-16-25(18-6-9-19(26)10-7-18)21(20(23)12-13-22(23)27)11-8-17-5-3-4-14-24(17,25)2/h6-7,9-10,17,20-21,26H,3-5,8,11-16H2,1-2H3/t17?,20-,21-,23-,24-,25-/m0/s1. The molecular weight excluding hydrogens is 332 g/mol. The van der Waals surface area contributed by atoms with E-state index in [9.17, 15) is 9.90 Å². The van der Waals surface area contributed by atoms with E-state index in [4.69, 9.17) is 0 Å². The molecule has 2 nitrogen and oxygen atoms in total. The monoisotopic (exact) mass is 366 g/mol. The Morgan fingerprint density at radius 1 is 0.889 bits per heavy atom. The van der Waals surface area contributed by atoms with Crippen molar-refractivity contribution in [2.24, 2.45) is 28.6 Å². The maximum absolute atomic E-state index is 12.8. The van der Waals surface area contributed by atoms with E-state index in [1.54, 1.807) is 0 Å². The van der Waals surface area contributed by atoms with Crippen LogP contribution in [-0.4, -0.2) is 10.9 Å². The van der Waals surface area contributed by atoms with Crippen LogP contribution in [0.25, 0.3) is 0 Å². The van der Waals surface area contributed by atoms with E-state index in [0.29, 0.717) is 28.8 Å². The average Bonchev–Trinajstić information content (AvgIpc) is 2.97. The Balaban J connectivity index is 1.69. The molecule has 1 aromatic rings. The zero-order valence-electron chi connectivity index (χ0n) is 17.0. The molecule has 6 atom stereocenters. The highest BCUT2D eigenvalue weighted by molar-refractivity contribution is 5.87. The number of carbonyl (C=O) groups excluding carboxylic acids is 1. The second-order valence-electron chi connectivity index (χ2n) is 10.5. The SMILES string of the molecule is C[C@]12CCCCC1CC[C@H]1[C@@H]3CCC(=O)[C@@]3(C)CC[C@]12c1ccc(O)cc1. The zero-order chi connectivity index (χ0) is 18.9. The fourth-order valence-corrected chi connectivity index (χ4v) is 8.49. The van der Waals surface area contributed by atoms with Crippen LogP contribution in [0.1, 0.15) is 83.6 Å². The van der Waals surface area contributed by atoms with Crippen LogP contribution in [0.4, 0.5) is 0 Å². The van der Waals surface area contributed by atoms with Gasteiger partial charge in [0.1, 0.15) is 11.5 Å². The van der Waals surface area contributed by atoms with Crippen LogP contribution in [-0.2, 0) is 10.2 Å². The van der Waals surface area contributed by atoms with Crippen LogP contribution in [0.3, 0.4) is 0 Å². The molecule has 0 saturated heterocycles. The number of carbonyl (C=O) groups is 1. The number of phenols is 1. The summed E-state index contributed by atoms with van der Waals surface area (Å²) in [6, 6.07) is 8.21. The highest BCUT2D eigenvalue weighted by atomic mass is 16.3. The van der Waals surface area contributed by atoms with Gasteiger partial charge in [-0.2, -0.15) is 0 Å². The smallest absolute Gasteiger partial charge is 0.139 e. The van der Waals surface area contributed by atoms with Gasteiger partial charge in [0.25, 0.3) is 0 Å². The number of hydrogen-bond donors (Lipinski definition) is 1. The first-order valence-electron chi connectivity index (χ1n) is 11.2. The number of fused-ring (bicyclic) bond motifs is 5. The highest BCUT2D eigenvalue weighted by Crippen LogP contribution is 2.71. The summed E-state index contributed by atoms with van der Waals surface area (Å²) in [5, 5.41) is 9.93. The predicted octanol–water partition coefficient (Wildman–Crippen LogP) is 6.02. The van der Waals surface area contributed by atoms with Crippen LogP contribution < -0.4 is 0 Å². The second-order valence-corrected chi connectivity index (χ2v) is 10.5. The Bertz CT molecular complexity index is 752. The largest absolute Gasteiger partial charge is 0.508 e. The van der Waals surface area contributed by atoms with Gasteiger partial charge in [0.15, 0.2) is 0 Å². The molecule has 4 aliphatic carbocycles. The molecule has 0 amide bonds. The minimum absolute atomic E-state index is 0.0804. The molecule has 0 radical (unpaired) electrons. The predicted molar refractivity (Wildman–Crippen MR) is 108 cm³/mol. The van der Waals surface area contributed by atoms with Gasteiger partial charge in [0, 0.05) is 17.3 Å². The third-order valence-corrected chi connectivity index (χ3v) is 9.92. The molecule has 1 unspecified atom stereocenters. The third-order valence-electron chi connectivity index (χ3n) is 9.92. The molecule has 0 aliphatic heterocycles. The van der Waals surface area contributed by atoms with Gasteiger partial charge >= 0.3 is 0 Å². The van der Waals surface area contributed by atoms with Crippen LogP contribution in [0.5, 0.6) is 5.75 Å². The Kier molecular flexibility index (Phi) is 3.85. The van der Waals surface area contributed by atoms with E-state index in [0.717, 1.165) is 31.6 Å². The van der Waals surface area contributed by atoms with Crippen molar-refractivity contribution in [2.75, 3.05) is 0 Å². The molecule has 27 heavy (non-hydrogen) atoms. The van der Waals surface area contributed by atoms with Gasteiger partial charge in [0.05, 0.1) is 0 Å². The van der Waals surface area contributed by atoms with Crippen LogP contribution >= 0.6 is 0 Å². The number of rotatable bonds is 1. The number of Topliss-reactive ketones (excluding diaryl/α,β-unsaturated/α-hetero) is 1. The zero-order valence-corrected chi connectivity index (χ0v) is 17.0. The van der Waals surface area contributed by atoms with Crippen LogP contribution in [0.2, 0.25) is 0 Å². The van der Waals surface area contributed by atoms with Crippen molar-refractivity contribution in [3.63, 3.8) is 0 Å². The van der Waals surface area contributed by atoms with Gasteiger partial charge < -0.3 is 5.11 Å². The van der Waals surface area contributed by atoms with Crippen molar-refractivity contribution in [1.29, 1.82) is 0 Å².